The van der Waals surface area contributed by atoms with Crippen LogP contribution in [-0.4, -0.2) is 49.0 Å². The maximum atomic E-state index is 12.3. The standard InChI is InChI=1S/C20H21NO4/c1-15-13-21(11-12-24-15)19(22)14-25-18-9-7-17(8-10-18)20(23)16-5-3-2-4-6-16/h2-10,15H,11-14H2,1H3/t15-/m0/s1. The van der Waals surface area contributed by atoms with Crippen molar-refractivity contribution >= 4 is 11.7 Å². The van der Waals surface area contributed by atoms with Crippen molar-refractivity contribution in [3.05, 3.63) is 65.7 Å². The predicted molar refractivity (Wildman–Crippen MR) is 93.8 cm³/mol. The van der Waals surface area contributed by atoms with E-state index in [1.54, 1.807) is 41.3 Å². The number of amides is 1. The SMILES string of the molecule is C[C@H]1CN(C(=O)COc2ccc(C(=O)c3ccccc3)cc2)CCO1. The van der Waals surface area contributed by atoms with E-state index in [9.17, 15) is 9.59 Å². The molecule has 2 aromatic carbocycles. The first-order valence-electron chi connectivity index (χ1n) is 8.35. The summed E-state index contributed by atoms with van der Waals surface area (Å²) in [6.07, 6.45) is 0.0565. The quantitative estimate of drug-likeness (QED) is 0.786. The van der Waals surface area contributed by atoms with Gasteiger partial charge < -0.3 is 14.4 Å². The summed E-state index contributed by atoms with van der Waals surface area (Å²) >= 11 is 0. The van der Waals surface area contributed by atoms with Gasteiger partial charge in [0.05, 0.1) is 12.7 Å². The third-order valence-corrected chi connectivity index (χ3v) is 4.11. The second-order valence-electron chi connectivity index (χ2n) is 6.03. The zero-order chi connectivity index (χ0) is 17.6. The van der Waals surface area contributed by atoms with Gasteiger partial charge in [0.2, 0.25) is 0 Å². The zero-order valence-corrected chi connectivity index (χ0v) is 14.2. The third kappa shape index (κ3) is 4.45. The maximum Gasteiger partial charge on any atom is 0.260 e. The summed E-state index contributed by atoms with van der Waals surface area (Å²) in [5, 5.41) is 0. The minimum Gasteiger partial charge on any atom is -0.484 e. The number of hydrogen-bond acceptors (Lipinski definition) is 4. The lowest BCUT2D eigenvalue weighted by Gasteiger charge is -2.31. The highest BCUT2D eigenvalue weighted by atomic mass is 16.5. The monoisotopic (exact) mass is 339 g/mol. The molecule has 0 aromatic heterocycles. The predicted octanol–water partition coefficient (Wildman–Crippen LogP) is 2.54. The molecule has 0 bridgehead atoms. The minimum atomic E-state index is -0.0559. The molecule has 1 atom stereocenters. The Labute approximate surface area is 147 Å². The number of rotatable bonds is 5. The molecule has 3 rings (SSSR count). The topological polar surface area (TPSA) is 55.8 Å². The number of morpholine rings is 1. The molecular weight excluding hydrogens is 318 g/mol. The van der Waals surface area contributed by atoms with E-state index in [0.717, 1.165) is 0 Å². The summed E-state index contributed by atoms with van der Waals surface area (Å²) in [6.45, 7) is 3.68. The largest absolute Gasteiger partial charge is 0.484 e. The van der Waals surface area contributed by atoms with Gasteiger partial charge in [0.25, 0.3) is 5.91 Å². The van der Waals surface area contributed by atoms with Crippen LogP contribution in [0, 0.1) is 0 Å². The molecule has 1 aliphatic heterocycles. The fraction of sp³-hybridized carbons (Fsp3) is 0.300. The van der Waals surface area contributed by atoms with E-state index in [4.69, 9.17) is 9.47 Å². The van der Waals surface area contributed by atoms with Crippen LogP contribution in [0.4, 0.5) is 0 Å². The van der Waals surface area contributed by atoms with Crippen LogP contribution in [-0.2, 0) is 9.53 Å². The number of nitrogens with zero attached hydrogens (tertiary/aromatic N) is 1. The smallest absolute Gasteiger partial charge is 0.260 e. The van der Waals surface area contributed by atoms with E-state index in [0.29, 0.717) is 36.6 Å². The number of carbonyl (C=O) groups is 2. The summed E-state index contributed by atoms with van der Waals surface area (Å²) in [5.41, 5.74) is 1.24. The maximum absolute atomic E-state index is 12.3. The number of hydrogen-bond donors (Lipinski definition) is 0. The third-order valence-electron chi connectivity index (χ3n) is 4.11. The molecule has 5 nitrogen and oxygen atoms in total. The molecule has 130 valence electrons. The molecule has 0 unspecified atom stereocenters. The number of benzene rings is 2. The molecule has 1 amide bonds. The summed E-state index contributed by atoms with van der Waals surface area (Å²) in [4.78, 5) is 26.3. The number of ketones is 1. The molecule has 1 heterocycles. The summed E-state index contributed by atoms with van der Waals surface area (Å²) in [6, 6.07) is 16.0. The Hall–Kier alpha value is -2.66. The Kier molecular flexibility index (Phi) is 5.46. The van der Waals surface area contributed by atoms with Crippen LogP contribution in [0.5, 0.6) is 5.75 Å². The van der Waals surface area contributed by atoms with Gasteiger partial charge >= 0.3 is 0 Å². The highest BCUT2D eigenvalue weighted by Gasteiger charge is 2.21. The number of carbonyl (C=O) groups excluding carboxylic acids is 2. The fourth-order valence-electron chi connectivity index (χ4n) is 2.74. The van der Waals surface area contributed by atoms with Crippen LogP contribution < -0.4 is 4.74 Å². The Morgan fingerprint density at radius 2 is 1.76 bits per heavy atom. The molecule has 5 heteroatoms. The van der Waals surface area contributed by atoms with Crippen molar-refractivity contribution in [3.63, 3.8) is 0 Å². The van der Waals surface area contributed by atoms with E-state index >= 15 is 0 Å². The van der Waals surface area contributed by atoms with E-state index in [1.807, 2.05) is 25.1 Å². The van der Waals surface area contributed by atoms with Gasteiger partial charge in [-0.1, -0.05) is 30.3 Å². The van der Waals surface area contributed by atoms with Crippen LogP contribution in [0.15, 0.2) is 54.6 Å². The van der Waals surface area contributed by atoms with E-state index in [2.05, 4.69) is 0 Å². The van der Waals surface area contributed by atoms with Crippen molar-refractivity contribution in [3.8, 4) is 5.75 Å². The highest BCUT2D eigenvalue weighted by Crippen LogP contribution is 2.16. The molecule has 0 saturated carbocycles. The Morgan fingerprint density at radius 1 is 1.08 bits per heavy atom. The van der Waals surface area contributed by atoms with Crippen molar-refractivity contribution in [2.75, 3.05) is 26.3 Å². The average molecular weight is 339 g/mol. The molecule has 0 radical (unpaired) electrons. The first-order valence-corrected chi connectivity index (χ1v) is 8.35. The first kappa shape index (κ1) is 17.2. The second-order valence-corrected chi connectivity index (χ2v) is 6.03. The van der Waals surface area contributed by atoms with E-state index in [-0.39, 0.29) is 24.4 Å². The van der Waals surface area contributed by atoms with E-state index < -0.39 is 0 Å². The second kappa shape index (κ2) is 7.94. The van der Waals surface area contributed by atoms with Gasteiger partial charge in [-0.05, 0) is 31.2 Å². The van der Waals surface area contributed by atoms with Crippen molar-refractivity contribution in [2.24, 2.45) is 0 Å². The molecule has 0 spiro atoms. The average Bonchev–Trinajstić information content (AvgIpc) is 2.66. The molecule has 1 saturated heterocycles. The molecule has 25 heavy (non-hydrogen) atoms. The van der Waals surface area contributed by atoms with Gasteiger partial charge in [-0.25, -0.2) is 0 Å². The lowest BCUT2D eigenvalue weighted by atomic mass is 10.0. The van der Waals surface area contributed by atoms with Gasteiger partial charge in [0, 0.05) is 24.2 Å². The number of ether oxygens (including phenoxy) is 2. The van der Waals surface area contributed by atoms with Crippen LogP contribution in [0.25, 0.3) is 0 Å². The Bertz CT molecular complexity index is 727. The fourth-order valence-corrected chi connectivity index (χ4v) is 2.74. The van der Waals surface area contributed by atoms with Crippen molar-refractivity contribution in [1.29, 1.82) is 0 Å². The highest BCUT2D eigenvalue weighted by molar-refractivity contribution is 6.08. The molecular formula is C20H21NO4. The van der Waals surface area contributed by atoms with Crippen molar-refractivity contribution in [2.45, 2.75) is 13.0 Å². The van der Waals surface area contributed by atoms with Crippen LogP contribution in [0.2, 0.25) is 0 Å². The van der Waals surface area contributed by atoms with Crippen molar-refractivity contribution < 1.29 is 19.1 Å². The lowest BCUT2D eigenvalue weighted by molar-refractivity contribution is -0.140. The molecule has 0 aliphatic carbocycles. The summed E-state index contributed by atoms with van der Waals surface area (Å²) in [7, 11) is 0. The molecule has 1 fully saturated rings. The molecule has 1 aliphatic rings. The van der Waals surface area contributed by atoms with Gasteiger partial charge in [-0.2, -0.15) is 0 Å². The Balaban J connectivity index is 1.56. The zero-order valence-electron chi connectivity index (χ0n) is 14.2. The summed E-state index contributed by atoms with van der Waals surface area (Å²) in [5.74, 6) is 0.476. The van der Waals surface area contributed by atoms with Gasteiger partial charge in [0.1, 0.15) is 5.75 Å². The first-order chi connectivity index (χ1) is 12.1. The molecule has 0 N–H and O–H groups in total. The lowest BCUT2D eigenvalue weighted by Crippen LogP contribution is -2.46. The van der Waals surface area contributed by atoms with Gasteiger partial charge in [-0.15, -0.1) is 0 Å². The minimum absolute atomic E-state index is 0.0152. The Morgan fingerprint density at radius 3 is 2.44 bits per heavy atom. The normalized spacial score (nSPS) is 17.2. The molecule has 2 aromatic rings. The van der Waals surface area contributed by atoms with Gasteiger partial charge in [0.15, 0.2) is 12.4 Å². The van der Waals surface area contributed by atoms with E-state index in [1.165, 1.54) is 0 Å². The van der Waals surface area contributed by atoms with Crippen LogP contribution in [0.1, 0.15) is 22.8 Å². The van der Waals surface area contributed by atoms with Crippen LogP contribution in [0.3, 0.4) is 0 Å². The summed E-state index contributed by atoms with van der Waals surface area (Å²) < 4.78 is 11.0. The van der Waals surface area contributed by atoms with Crippen molar-refractivity contribution in [1.82, 2.24) is 4.90 Å². The van der Waals surface area contributed by atoms with Crippen LogP contribution >= 0.6 is 0 Å². The van der Waals surface area contributed by atoms with Gasteiger partial charge in [-0.3, -0.25) is 9.59 Å².